The van der Waals surface area contributed by atoms with Gasteiger partial charge >= 0.3 is 0 Å². The summed E-state index contributed by atoms with van der Waals surface area (Å²) < 4.78 is 31.3. The molecular formula is C14H10Cl2F2O2. The highest BCUT2D eigenvalue weighted by Gasteiger charge is 2.18. The largest absolute Gasteiger partial charge is 0.495 e. The molecule has 1 N–H and O–H groups in total. The minimum Gasteiger partial charge on any atom is -0.495 e. The van der Waals surface area contributed by atoms with Gasteiger partial charge in [0.2, 0.25) is 0 Å². The van der Waals surface area contributed by atoms with E-state index < -0.39 is 17.7 Å². The van der Waals surface area contributed by atoms with Gasteiger partial charge in [-0.1, -0.05) is 23.2 Å². The first-order chi connectivity index (χ1) is 9.42. The summed E-state index contributed by atoms with van der Waals surface area (Å²) in [5.74, 6) is -1.22. The van der Waals surface area contributed by atoms with Crippen molar-refractivity contribution in [1.29, 1.82) is 0 Å². The van der Waals surface area contributed by atoms with Crippen molar-refractivity contribution in [2.24, 2.45) is 0 Å². The van der Waals surface area contributed by atoms with Crippen molar-refractivity contribution in [2.75, 3.05) is 7.11 Å². The van der Waals surface area contributed by atoms with Crippen LogP contribution in [0.1, 0.15) is 17.2 Å². The molecule has 0 bridgehead atoms. The first kappa shape index (κ1) is 15.0. The van der Waals surface area contributed by atoms with Crippen molar-refractivity contribution in [3.63, 3.8) is 0 Å². The van der Waals surface area contributed by atoms with E-state index in [1.165, 1.54) is 19.2 Å². The summed E-state index contributed by atoms with van der Waals surface area (Å²) >= 11 is 12.0. The Morgan fingerprint density at radius 3 is 2.15 bits per heavy atom. The van der Waals surface area contributed by atoms with E-state index in [1.807, 2.05) is 0 Å². The average Bonchev–Trinajstić information content (AvgIpc) is 2.39. The first-order valence-corrected chi connectivity index (χ1v) is 6.35. The summed E-state index contributed by atoms with van der Waals surface area (Å²) in [4.78, 5) is 0. The van der Waals surface area contributed by atoms with Gasteiger partial charge in [0.25, 0.3) is 0 Å². The van der Waals surface area contributed by atoms with E-state index in [2.05, 4.69) is 0 Å². The van der Waals surface area contributed by atoms with Crippen LogP contribution in [-0.4, -0.2) is 12.2 Å². The summed E-state index contributed by atoms with van der Waals surface area (Å²) in [5, 5.41) is 10.6. The Bertz CT molecular complexity index is 627. The van der Waals surface area contributed by atoms with Crippen molar-refractivity contribution in [2.45, 2.75) is 6.10 Å². The van der Waals surface area contributed by atoms with Crippen LogP contribution in [0.15, 0.2) is 30.3 Å². The zero-order valence-corrected chi connectivity index (χ0v) is 11.8. The lowest BCUT2D eigenvalue weighted by Crippen LogP contribution is -2.02. The topological polar surface area (TPSA) is 29.5 Å². The maximum atomic E-state index is 13.2. The molecule has 1 atom stereocenters. The molecule has 0 saturated heterocycles. The number of methoxy groups -OCH3 is 1. The van der Waals surface area contributed by atoms with Gasteiger partial charge in [-0.25, -0.2) is 8.78 Å². The Balaban J connectivity index is 2.47. The molecule has 0 heterocycles. The molecule has 1 unspecified atom stereocenters. The maximum Gasteiger partial charge on any atom is 0.138 e. The number of rotatable bonds is 3. The number of ether oxygens (including phenoxy) is 1. The molecule has 2 rings (SSSR count). The average molecular weight is 319 g/mol. The standard InChI is InChI=1S/C14H10Cl2F2O2/c1-20-13-6-11(15)10(5-12(13)16)14(19)7-2-8(17)4-9(18)3-7/h2-6,14,19H,1H3. The molecule has 106 valence electrons. The predicted molar refractivity (Wildman–Crippen MR) is 73.4 cm³/mol. The SMILES string of the molecule is COc1cc(Cl)c(C(O)c2cc(F)cc(F)c2)cc1Cl. The fourth-order valence-electron chi connectivity index (χ4n) is 1.82. The minimum atomic E-state index is -1.30. The highest BCUT2D eigenvalue weighted by atomic mass is 35.5. The second kappa shape index (κ2) is 5.95. The van der Waals surface area contributed by atoms with Crippen LogP contribution in [0.2, 0.25) is 10.0 Å². The lowest BCUT2D eigenvalue weighted by Gasteiger charge is -2.15. The van der Waals surface area contributed by atoms with E-state index in [4.69, 9.17) is 27.9 Å². The van der Waals surface area contributed by atoms with Crippen LogP contribution in [0.3, 0.4) is 0 Å². The van der Waals surface area contributed by atoms with Crippen LogP contribution >= 0.6 is 23.2 Å². The summed E-state index contributed by atoms with van der Waals surface area (Å²) in [6, 6.07) is 5.61. The van der Waals surface area contributed by atoms with Crippen molar-refractivity contribution >= 4 is 23.2 Å². The van der Waals surface area contributed by atoms with Crippen molar-refractivity contribution in [3.05, 3.63) is 63.1 Å². The Morgan fingerprint density at radius 2 is 1.60 bits per heavy atom. The van der Waals surface area contributed by atoms with Crippen LogP contribution in [-0.2, 0) is 0 Å². The summed E-state index contributed by atoms with van der Waals surface area (Å²) in [7, 11) is 1.43. The molecule has 2 nitrogen and oxygen atoms in total. The third-order valence-corrected chi connectivity index (χ3v) is 3.39. The van der Waals surface area contributed by atoms with Gasteiger partial charge in [-0.3, -0.25) is 0 Å². The molecule has 0 aliphatic heterocycles. The monoisotopic (exact) mass is 318 g/mol. The summed E-state index contributed by atoms with van der Waals surface area (Å²) in [6.45, 7) is 0. The Kier molecular flexibility index (Phi) is 4.48. The smallest absolute Gasteiger partial charge is 0.138 e. The molecule has 20 heavy (non-hydrogen) atoms. The zero-order valence-electron chi connectivity index (χ0n) is 10.3. The number of hydrogen-bond donors (Lipinski definition) is 1. The van der Waals surface area contributed by atoms with Gasteiger partial charge in [0.05, 0.1) is 17.2 Å². The van der Waals surface area contributed by atoms with Crippen LogP contribution in [0.5, 0.6) is 5.75 Å². The second-order valence-electron chi connectivity index (χ2n) is 4.11. The molecule has 0 radical (unpaired) electrons. The van der Waals surface area contributed by atoms with E-state index in [0.29, 0.717) is 5.75 Å². The van der Waals surface area contributed by atoms with Gasteiger partial charge in [-0.15, -0.1) is 0 Å². The van der Waals surface area contributed by atoms with Gasteiger partial charge in [-0.05, 0) is 23.8 Å². The second-order valence-corrected chi connectivity index (χ2v) is 4.93. The fourth-order valence-corrected chi connectivity index (χ4v) is 2.33. The molecule has 2 aromatic carbocycles. The van der Waals surface area contributed by atoms with E-state index >= 15 is 0 Å². The minimum absolute atomic E-state index is 0.0469. The van der Waals surface area contributed by atoms with Crippen molar-refractivity contribution in [3.8, 4) is 5.75 Å². The molecule has 0 saturated carbocycles. The van der Waals surface area contributed by atoms with E-state index in [1.54, 1.807) is 0 Å². The van der Waals surface area contributed by atoms with Crippen LogP contribution in [0, 0.1) is 11.6 Å². The van der Waals surface area contributed by atoms with Gasteiger partial charge in [0.15, 0.2) is 0 Å². The zero-order chi connectivity index (χ0) is 14.9. The number of aliphatic hydroxyl groups excluding tert-OH is 1. The predicted octanol–water partition coefficient (Wildman–Crippen LogP) is 4.36. The van der Waals surface area contributed by atoms with Crippen molar-refractivity contribution < 1.29 is 18.6 Å². The van der Waals surface area contributed by atoms with Crippen LogP contribution < -0.4 is 4.74 Å². The number of aliphatic hydroxyl groups is 1. The number of hydrogen-bond acceptors (Lipinski definition) is 2. The van der Waals surface area contributed by atoms with Gasteiger partial charge in [-0.2, -0.15) is 0 Å². The third kappa shape index (κ3) is 3.03. The number of benzene rings is 2. The summed E-state index contributed by atoms with van der Waals surface area (Å²) in [5.41, 5.74) is 0.285. The third-order valence-electron chi connectivity index (χ3n) is 2.77. The van der Waals surface area contributed by atoms with Crippen molar-refractivity contribution in [1.82, 2.24) is 0 Å². The van der Waals surface area contributed by atoms with Gasteiger partial charge in [0.1, 0.15) is 23.5 Å². The number of halogens is 4. The van der Waals surface area contributed by atoms with Gasteiger partial charge < -0.3 is 9.84 Å². The molecular weight excluding hydrogens is 309 g/mol. The van der Waals surface area contributed by atoms with E-state index in [0.717, 1.165) is 18.2 Å². The van der Waals surface area contributed by atoms with Gasteiger partial charge in [0, 0.05) is 17.7 Å². The highest BCUT2D eigenvalue weighted by Crippen LogP contribution is 2.36. The molecule has 0 aliphatic carbocycles. The Morgan fingerprint density at radius 1 is 1.00 bits per heavy atom. The Labute approximate surface area is 124 Å². The fraction of sp³-hybridized carbons (Fsp3) is 0.143. The lowest BCUT2D eigenvalue weighted by molar-refractivity contribution is 0.219. The van der Waals surface area contributed by atoms with E-state index in [-0.39, 0.29) is 21.2 Å². The van der Waals surface area contributed by atoms with Crippen LogP contribution in [0.4, 0.5) is 8.78 Å². The van der Waals surface area contributed by atoms with Crippen LogP contribution in [0.25, 0.3) is 0 Å². The maximum absolute atomic E-state index is 13.2. The quantitative estimate of drug-likeness (QED) is 0.911. The molecule has 0 fully saturated rings. The molecule has 0 aromatic heterocycles. The molecule has 0 spiro atoms. The highest BCUT2D eigenvalue weighted by molar-refractivity contribution is 6.34. The normalized spacial score (nSPS) is 12.3. The first-order valence-electron chi connectivity index (χ1n) is 5.59. The van der Waals surface area contributed by atoms with E-state index in [9.17, 15) is 13.9 Å². The lowest BCUT2D eigenvalue weighted by atomic mass is 10.0. The molecule has 6 heteroatoms. The Hall–Kier alpha value is -1.36. The molecule has 0 aliphatic rings. The summed E-state index contributed by atoms with van der Waals surface area (Å²) in [6.07, 6.45) is -1.30. The molecule has 2 aromatic rings. The molecule has 0 amide bonds.